The predicted octanol–water partition coefficient (Wildman–Crippen LogP) is 1.14. The molecule has 0 bridgehead atoms. The summed E-state index contributed by atoms with van der Waals surface area (Å²) in [6, 6.07) is 8.38. The highest BCUT2D eigenvalue weighted by Crippen LogP contribution is 2.10. The SMILES string of the molecule is CN(C)CCCNc1nccc(NCCc2ccc(S(N)(=O)=O)cc2)n1. The van der Waals surface area contributed by atoms with E-state index < -0.39 is 10.0 Å². The molecule has 1 aromatic heterocycles. The first-order chi connectivity index (χ1) is 12.3. The lowest BCUT2D eigenvalue weighted by atomic mass is 10.1. The van der Waals surface area contributed by atoms with Gasteiger partial charge in [-0.3, -0.25) is 0 Å². The predicted molar refractivity (Wildman–Crippen MR) is 104 cm³/mol. The molecule has 0 spiro atoms. The molecular weight excluding hydrogens is 352 g/mol. The average Bonchev–Trinajstić information content (AvgIpc) is 2.59. The van der Waals surface area contributed by atoms with Crippen LogP contribution in [0.1, 0.15) is 12.0 Å². The second kappa shape index (κ2) is 9.46. The van der Waals surface area contributed by atoms with Crippen molar-refractivity contribution in [3.8, 4) is 0 Å². The molecule has 0 amide bonds. The van der Waals surface area contributed by atoms with Crippen LogP contribution in [0.4, 0.5) is 11.8 Å². The van der Waals surface area contributed by atoms with Crippen molar-refractivity contribution in [2.24, 2.45) is 5.14 Å². The Hall–Kier alpha value is -2.23. The summed E-state index contributed by atoms with van der Waals surface area (Å²) in [5.41, 5.74) is 1.01. The molecule has 2 rings (SSSR count). The number of primary sulfonamides is 1. The van der Waals surface area contributed by atoms with Gasteiger partial charge in [-0.05, 0) is 57.2 Å². The minimum absolute atomic E-state index is 0.120. The van der Waals surface area contributed by atoms with Gasteiger partial charge in [0.1, 0.15) is 5.82 Å². The van der Waals surface area contributed by atoms with Gasteiger partial charge >= 0.3 is 0 Å². The van der Waals surface area contributed by atoms with Gasteiger partial charge in [0.05, 0.1) is 4.90 Å². The van der Waals surface area contributed by atoms with Crippen molar-refractivity contribution in [2.45, 2.75) is 17.7 Å². The van der Waals surface area contributed by atoms with Crippen molar-refractivity contribution in [1.82, 2.24) is 14.9 Å². The van der Waals surface area contributed by atoms with Crippen LogP contribution in [0.15, 0.2) is 41.4 Å². The number of anilines is 2. The topological polar surface area (TPSA) is 113 Å². The number of aromatic nitrogens is 2. The molecule has 0 fully saturated rings. The van der Waals surface area contributed by atoms with Crippen LogP contribution in [0.5, 0.6) is 0 Å². The van der Waals surface area contributed by atoms with Crippen molar-refractivity contribution in [3.05, 3.63) is 42.1 Å². The van der Waals surface area contributed by atoms with E-state index in [0.717, 1.165) is 37.3 Å². The molecule has 0 atom stereocenters. The summed E-state index contributed by atoms with van der Waals surface area (Å²) in [6.45, 7) is 2.50. The van der Waals surface area contributed by atoms with E-state index in [1.807, 2.05) is 20.2 Å². The van der Waals surface area contributed by atoms with Gasteiger partial charge in [-0.2, -0.15) is 4.98 Å². The molecule has 1 heterocycles. The smallest absolute Gasteiger partial charge is 0.238 e. The fourth-order valence-electron chi connectivity index (χ4n) is 2.32. The number of rotatable bonds is 10. The average molecular weight is 379 g/mol. The van der Waals surface area contributed by atoms with Crippen LogP contribution in [-0.2, 0) is 16.4 Å². The molecule has 0 aliphatic rings. The van der Waals surface area contributed by atoms with Gasteiger partial charge in [0, 0.05) is 19.3 Å². The molecule has 1 aromatic carbocycles. The standard InChI is InChI=1S/C17H26N6O2S/c1-23(2)13-3-10-20-17-21-12-9-16(22-17)19-11-8-14-4-6-15(7-5-14)26(18,24)25/h4-7,9,12H,3,8,10-11,13H2,1-2H3,(H2,18,24,25)(H2,19,20,21,22). The van der Waals surface area contributed by atoms with Crippen LogP contribution in [0, 0.1) is 0 Å². The third-order valence-corrected chi connectivity index (χ3v) is 4.62. The summed E-state index contributed by atoms with van der Waals surface area (Å²) in [4.78, 5) is 10.9. The Morgan fingerprint density at radius 3 is 2.46 bits per heavy atom. The maximum absolute atomic E-state index is 11.2. The van der Waals surface area contributed by atoms with E-state index in [0.29, 0.717) is 12.5 Å². The summed E-state index contributed by atoms with van der Waals surface area (Å²) in [6.07, 6.45) is 3.47. The lowest BCUT2D eigenvalue weighted by Gasteiger charge is -2.11. The number of benzene rings is 1. The van der Waals surface area contributed by atoms with Crippen molar-refractivity contribution in [1.29, 1.82) is 0 Å². The van der Waals surface area contributed by atoms with E-state index in [1.165, 1.54) is 12.1 Å². The Labute approximate surface area is 154 Å². The first-order valence-corrected chi connectivity index (χ1v) is 9.96. The number of nitrogens with one attached hydrogen (secondary N) is 2. The largest absolute Gasteiger partial charge is 0.370 e. The zero-order valence-electron chi connectivity index (χ0n) is 15.1. The maximum Gasteiger partial charge on any atom is 0.238 e. The highest BCUT2D eigenvalue weighted by molar-refractivity contribution is 7.89. The van der Waals surface area contributed by atoms with Gasteiger partial charge in [-0.1, -0.05) is 12.1 Å². The highest BCUT2D eigenvalue weighted by Gasteiger charge is 2.06. The van der Waals surface area contributed by atoms with Crippen LogP contribution >= 0.6 is 0 Å². The van der Waals surface area contributed by atoms with Crippen LogP contribution in [-0.4, -0.2) is 57.0 Å². The van der Waals surface area contributed by atoms with Crippen molar-refractivity contribution in [3.63, 3.8) is 0 Å². The Bertz CT molecular complexity index is 793. The first-order valence-electron chi connectivity index (χ1n) is 8.42. The van der Waals surface area contributed by atoms with Gasteiger partial charge in [0.15, 0.2) is 0 Å². The van der Waals surface area contributed by atoms with Gasteiger partial charge in [-0.25, -0.2) is 18.5 Å². The molecule has 0 aliphatic heterocycles. The van der Waals surface area contributed by atoms with Crippen molar-refractivity contribution >= 4 is 21.8 Å². The number of sulfonamides is 1. The summed E-state index contributed by atoms with van der Waals surface area (Å²) in [5.74, 6) is 1.35. The maximum atomic E-state index is 11.2. The number of hydrogen-bond acceptors (Lipinski definition) is 7. The Morgan fingerprint density at radius 2 is 1.81 bits per heavy atom. The molecule has 0 saturated carbocycles. The lowest BCUT2D eigenvalue weighted by molar-refractivity contribution is 0.405. The molecule has 8 nitrogen and oxygen atoms in total. The van der Waals surface area contributed by atoms with E-state index in [9.17, 15) is 8.42 Å². The minimum Gasteiger partial charge on any atom is -0.370 e. The first kappa shape index (κ1) is 20.1. The lowest BCUT2D eigenvalue weighted by Crippen LogP contribution is -2.17. The van der Waals surface area contributed by atoms with Crippen molar-refractivity contribution in [2.75, 3.05) is 44.4 Å². The van der Waals surface area contributed by atoms with Crippen molar-refractivity contribution < 1.29 is 8.42 Å². The van der Waals surface area contributed by atoms with E-state index in [1.54, 1.807) is 18.3 Å². The van der Waals surface area contributed by atoms with Gasteiger partial charge in [0.25, 0.3) is 0 Å². The molecule has 4 N–H and O–H groups in total. The monoisotopic (exact) mass is 378 g/mol. The minimum atomic E-state index is -3.64. The molecule has 0 saturated heterocycles. The Morgan fingerprint density at radius 1 is 1.08 bits per heavy atom. The molecule has 26 heavy (non-hydrogen) atoms. The molecule has 0 aliphatic carbocycles. The summed E-state index contributed by atoms with van der Waals surface area (Å²) in [7, 11) is 0.446. The van der Waals surface area contributed by atoms with E-state index in [-0.39, 0.29) is 4.90 Å². The van der Waals surface area contributed by atoms with Crippen LogP contribution in [0.25, 0.3) is 0 Å². The van der Waals surface area contributed by atoms with Gasteiger partial charge < -0.3 is 15.5 Å². The number of nitrogens with zero attached hydrogens (tertiary/aromatic N) is 3. The van der Waals surface area contributed by atoms with Crippen LogP contribution in [0.2, 0.25) is 0 Å². The summed E-state index contributed by atoms with van der Waals surface area (Å²) in [5, 5.41) is 11.5. The van der Waals surface area contributed by atoms with E-state index in [2.05, 4.69) is 25.5 Å². The fraction of sp³-hybridized carbons (Fsp3) is 0.412. The second-order valence-electron chi connectivity index (χ2n) is 6.21. The Balaban J connectivity index is 1.79. The normalized spacial score (nSPS) is 11.5. The second-order valence-corrected chi connectivity index (χ2v) is 7.78. The molecule has 142 valence electrons. The third kappa shape index (κ3) is 6.95. The van der Waals surface area contributed by atoms with E-state index >= 15 is 0 Å². The molecule has 9 heteroatoms. The number of nitrogens with two attached hydrogens (primary N) is 1. The molecule has 2 aromatic rings. The highest BCUT2D eigenvalue weighted by atomic mass is 32.2. The summed E-state index contributed by atoms with van der Waals surface area (Å²) < 4.78 is 22.5. The molecule has 0 radical (unpaired) electrons. The quantitative estimate of drug-likeness (QED) is 0.531. The molecule has 0 unspecified atom stereocenters. The van der Waals surface area contributed by atoms with Crippen LogP contribution < -0.4 is 15.8 Å². The van der Waals surface area contributed by atoms with E-state index in [4.69, 9.17) is 5.14 Å². The molecular formula is C17H26N6O2S. The Kier molecular flexibility index (Phi) is 7.31. The number of hydrogen-bond donors (Lipinski definition) is 3. The van der Waals surface area contributed by atoms with Gasteiger partial charge in [0.2, 0.25) is 16.0 Å². The zero-order chi connectivity index (χ0) is 19.0. The zero-order valence-corrected chi connectivity index (χ0v) is 16.0. The third-order valence-electron chi connectivity index (χ3n) is 3.69. The fourth-order valence-corrected chi connectivity index (χ4v) is 2.83. The summed E-state index contributed by atoms with van der Waals surface area (Å²) >= 11 is 0. The van der Waals surface area contributed by atoms with Gasteiger partial charge in [-0.15, -0.1) is 0 Å². The van der Waals surface area contributed by atoms with Crippen LogP contribution in [0.3, 0.4) is 0 Å².